The molecule has 0 saturated heterocycles. The van der Waals surface area contributed by atoms with Crippen molar-refractivity contribution in [3.63, 3.8) is 0 Å². The highest BCUT2D eigenvalue weighted by Crippen LogP contribution is 2.33. The van der Waals surface area contributed by atoms with Gasteiger partial charge in [0.05, 0.1) is 16.9 Å². The van der Waals surface area contributed by atoms with Gasteiger partial charge in [-0.05, 0) is 43.3 Å². The molecule has 1 atom stereocenters. The molecule has 0 spiro atoms. The third kappa shape index (κ3) is 2.86. The number of carbonyl (C=O) groups is 2. The molecule has 6 nitrogen and oxygen atoms in total. The van der Waals surface area contributed by atoms with E-state index < -0.39 is 6.10 Å². The number of fused-ring (bicyclic) bond motifs is 2. The first-order chi connectivity index (χ1) is 12.6. The standard InChI is InChI=1S/C20H17N3O3/c1-13-20(25)23(17-9-2-3-10-18(17)26-13)12-19(24)22-16-8-4-7-15-14(16)6-5-11-21-15/h2-11,13H,12H2,1H3,(H,22,24). The topological polar surface area (TPSA) is 71.5 Å². The van der Waals surface area contributed by atoms with E-state index in [-0.39, 0.29) is 18.4 Å². The van der Waals surface area contributed by atoms with E-state index in [1.165, 1.54) is 4.90 Å². The zero-order valence-electron chi connectivity index (χ0n) is 14.2. The zero-order chi connectivity index (χ0) is 18.1. The summed E-state index contributed by atoms with van der Waals surface area (Å²) in [6, 6.07) is 16.5. The van der Waals surface area contributed by atoms with E-state index in [0.29, 0.717) is 17.1 Å². The zero-order valence-corrected chi connectivity index (χ0v) is 14.2. The van der Waals surface area contributed by atoms with Gasteiger partial charge in [0.2, 0.25) is 5.91 Å². The van der Waals surface area contributed by atoms with E-state index in [1.54, 1.807) is 25.3 Å². The second-order valence-corrected chi connectivity index (χ2v) is 6.08. The van der Waals surface area contributed by atoms with E-state index in [9.17, 15) is 9.59 Å². The van der Waals surface area contributed by atoms with Gasteiger partial charge in [0.25, 0.3) is 5.91 Å². The molecule has 26 heavy (non-hydrogen) atoms. The normalized spacial score (nSPS) is 16.1. The Balaban J connectivity index is 1.59. The molecule has 1 aliphatic heterocycles. The van der Waals surface area contributed by atoms with Gasteiger partial charge in [0.15, 0.2) is 6.10 Å². The van der Waals surface area contributed by atoms with Crippen molar-refractivity contribution >= 4 is 34.1 Å². The van der Waals surface area contributed by atoms with Crippen molar-refractivity contribution in [2.24, 2.45) is 0 Å². The highest BCUT2D eigenvalue weighted by molar-refractivity contribution is 6.08. The largest absolute Gasteiger partial charge is 0.479 e. The van der Waals surface area contributed by atoms with E-state index in [4.69, 9.17) is 4.74 Å². The van der Waals surface area contributed by atoms with E-state index >= 15 is 0 Å². The lowest BCUT2D eigenvalue weighted by Crippen LogP contribution is -2.47. The fraction of sp³-hybridized carbons (Fsp3) is 0.150. The van der Waals surface area contributed by atoms with Crippen LogP contribution in [0.3, 0.4) is 0 Å². The van der Waals surface area contributed by atoms with Crippen molar-refractivity contribution in [1.82, 2.24) is 4.98 Å². The van der Waals surface area contributed by atoms with Gasteiger partial charge in [0, 0.05) is 11.6 Å². The van der Waals surface area contributed by atoms with Crippen molar-refractivity contribution in [2.45, 2.75) is 13.0 Å². The summed E-state index contributed by atoms with van der Waals surface area (Å²) in [6.07, 6.45) is 1.08. The number of hydrogen-bond acceptors (Lipinski definition) is 4. The van der Waals surface area contributed by atoms with E-state index in [2.05, 4.69) is 10.3 Å². The van der Waals surface area contributed by atoms with Crippen molar-refractivity contribution in [3.05, 3.63) is 60.8 Å². The fourth-order valence-corrected chi connectivity index (χ4v) is 3.07. The number of amides is 2. The Labute approximate surface area is 150 Å². The molecule has 0 fully saturated rings. The minimum absolute atomic E-state index is 0.0831. The average molecular weight is 347 g/mol. The van der Waals surface area contributed by atoms with Crippen LogP contribution in [0.1, 0.15) is 6.92 Å². The molecule has 0 radical (unpaired) electrons. The summed E-state index contributed by atoms with van der Waals surface area (Å²) in [5, 5.41) is 3.74. The monoisotopic (exact) mass is 347 g/mol. The fourth-order valence-electron chi connectivity index (χ4n) is 3.07. The Hall–Kier alpha value is -3.41. The number of aromatic nitrogens is 1. The van der Waals surface area contributed by atoms with Crippen LogP contribution in [0.2, 0.25) is 0 Å². The third-order valence-electron chi connectivity index (χ3n) is 4.30. The Morgan fingerprint density at radius 1 is 1.15 bits per heavy atom. The first-order valence-corrected chi connectivity index (χ1v) is 8.34. The number of carbonyl (C=O) groups excluding carboxylic acids is 2. The highest BCUT2D eigenvalue weighted by atomic mass is 16.5. The summed E-state index contributed by atoms with van der Waals surface area (Å²) in [4.78, 5) is 30.9. The van der Waals surface area contributed by atoms with Gasteiger partial charge in [-0.3, -0.25) is 19.5 Å². The van der Waals surface area contributed by atoms with Crippen LogP contribution in [0.4, 0.5) is 11.4 Å². The molecule has 2 heterocycles. The Kier molecular flexibility index (Phi) is 4.01. The quantitative estimate of drug-likeness (QED) is 0.791. The SMILES string of the molecule is CC1Oc2ccccc2N(CC(=O)Nc2cccc3ncccc23)C1=O. The molecular weight excluding hydrogens is 330 g/mol. The van der Waals surface area contributed by atoms with Crippen LogP contribution < -0.4 is 15.0 Å². The molecule has 1 N–H and O–H groups in total. The number of nitrogens with one attached hydrogen (secondary N) is 1. The van der Waals surface area contributed by atoms with Gasteiger partial charge in [0.1, 0.15) is 12.3 Å². The number of para-hydroxylation sites is 2. The molecule has 0 aliphatic carbocycles. The van der Waals surface area contributed by atoms with Crippen molar-refractivity contribution < 1.29 is 14.3 Å². The third-order valence-corrected chi connectivity index (χ3v) is 4.30. The lowest BCUT2D eigenvalue weighted by molar-refractivity contribution is -0.127. The summed E-state index contributed by atoms with van der Waals surface area (Å²) in [5.41, 5.74) is 2.07. The molecule has 4 rings (SSSR count). The van der Waals surface area contributed by atoms with Crippen molar-refractivity contribution in [3.8, 4) is 5.75 Å². The summed E-state index contributed by atoms with van der Waals surface area (Å²) < 4.78 is 5.60. The lowest BCUT2D eigenvalue weighted by atomic mass is 10.1. The van der Waals surface area contributed by atoms with Crippen LogP contribution in [0.25, 0.3) is 10.9 Å². The molecule has 2 aromatic carbocycles. The van der Waals surface area contributed by atoms with Crippen LogP contribution >= 0.6 is 0 Å². The number of anilines is 2. The van der Waals surface area contributed by atoms with E-state index in [1.807, 2.05) is 42.5 Å². The second kappa shape index (κ2) is 6.48. The number of ether oxygens (including phenoxy) is 1. The molecule has 130 valence electrons. The smallest absolute Gasteiger partial charge is 0.268 e. The number of nitrogens with zero attached hydrogens (tertiary/aromatic N) is 2. The van der Waals surface area contributed by atoms with Gasteiger partial charge in [-0.2, -0.15) is 0 Å². The van der Waals surface area contributed by atoms with Gasteiger partial charge in [-0.25, -0.2) is 0 Å². The molecular formula is C20H17N3O3. The Morgan fingerprint density at radius 2 is 2.00 bits per heavy atom. The molecule has 3 aromatic rings. The van der Waals surface area contributed by atoms with Crippen LogP contribution in [0.15, 0.2) is 60.8 Å². The van der Waals surface area contributed by atoms with Crippen LogP contribution in [0.5, 0.6) is 5.75 Å². The molecule has 1 unspecified atom stereocenters. The Morgan fingerprint density at radius 3 is 2.88 bits per heavy atom. The van der Waals surface area contributed by atoms with Crippen LogP contribution in [0, 0.1) is 0 Å². The van der Waals surface area contributed by atoms with Crippen molar-refractivity contribution in [2.75, 3.05) is 16.8 Å². The summed E-state index contributed by atoms with van der Waals surface area (Å²) in [6.45, 7) is 1.60. The maximum atomic E-state index is 12.6. The molecule has 2 amide bonds. The van der Waals surface area contributed by atoms with E-state index in [0.717, 1.165) is 10.9 Å². The number of rotatable bonds is 3. The first-order valence-electron chi connectivity index (χ1n) is 8.34. The number of pyridine rings is 1. The number of hydrogen-bond donors (Lipinski definition) is 1. The van der Waals surface area contributed by atoms with Gasteiger partial charge in [-0.1, -0.05) is 18.2 Å². The average Bonchev–Trinajstić information content (AvgIpc) is 2.66. The molecule has 1 aromatic heterocycles. The minimum Gasteiger partial charge on any atom is -0.479 e. The maximum absolute atomic E-state index is 12.6. The molecule has 0 saturated carbocycles. The molecule has 1 aliphatic rings. The molecule has 6 heteroatoms. The van der Waals surface area contributed by atoms with Crippen LogP contribution in [-0.4, -0.2) is 29.4 Å². The summed E-state index contributed by atoms with van der Waals surface area (Å²) in [7, 11) is 0. The second-order valence-electron chi connectivity index (χ2n) is 6.08. The van der Waals surface area contributed by atoms with Gasteiger partial charge in [-0.15, -0.1) is 0 Å². The first kappa shape index (κ1) is 16.1. The molecule has 0 bridgehead atoms. The predicted octanol–water partition coefficient (Wildman–Crippen LogP) is 2.99. The summed E-state index contributed by atoms with van der Waals surface area (Å²) >= 11 is 0. The summed E-state index contributed by atoms with van der Waals surface area (Å²) in [5.74, 6) is 0.0822. The maximum Gasteiger partial charge on any atom is 0.268 e. The van der Waals surface area contributed by atoms with Crippen molar-refractivity contribution in [1.29, 1.82) is 0 Å². The number of benzene rings is 2. The van der Waals surface area contributed by atoms with Crippen LogP contribution in [-0.2, 0) is 9.59 Å². The van der Waals surface area contributed by atoms with Gasteiger partial charge >= 0.3 is 0 Å². The predicted molar refractivity (Wildman–Crippen MR) is 99.3 cm³/mol. The lowest BCUT2D eigenvalue weighted by Gasteiger charge is -2.32. The Bertz CT molecular complexity index is 997. The highest BCUT2D eigenvalue weighted by Gasteiger charge is 2.32. The van der Waals surface area contributed by atoms with Gasteiger partial charge < -0.3 is 10.1 Å². The minimum atomic E-state index is -0.626.